The molecule has 0 saturated carbocycles. The van der Waals surface area contributed by atoms with E-state index in [1.807, 2.05) is 6.08 Å². The molecule has 1 rings (SSSR count). The lowest BCUT2D eigenvalue weighted by atomic mass is 9.99. The van der Waals surface area contributed by atoms with Crippen LogP contribution in [0.3, 0.4) is 0 Å². The summed E-state index contributed by atoms with van der Waals surface area (Å²) in [5.74, 6) is -0.180. The minimum absolute atomic E-state index is 0.180. The van der Waals surface area contributed by atoms with Crippen LogP contribution in [0.2, 0.25) is 0 Å². The summed E-state index contributed by atoms with van der Waals surface area (Å²) in [6.45, 7) is 3.71. The predicted octanol–water partition coefficient (Wildman–Crippen LogP) is 22.7. The third kappa shape index (κ3) is 58.7. The van der Waals surface area contributed by atoms with Crippen LogP contribution in [-0.4, -0.2) is 87.5 Å². The first-order chi connectivity index (χ1) is 44.8. The van der Waals surface area contributed by atoms with Crippen molar-refractivity contribution in [3.05, 3.63) is 72.9 Å². The highest BCUT2D eigenvalue weighted by molar-refractivity contribution is 5.76. The third-order valence-corrected chi connectivity index (χ3v) is 18.8. The van der Waals surface area contributed by atoms with Gasteiger partial charge in [-0.15, -0.1) is 0 Å². The lowest BCUT2D eigenvalue weighted by Crippen LogP contribution is -2.60. The molecule has 7 atom stereocenters. The Bertz CT molecular complexity index is 1670. The van der Waals surface area contributed by atoms with Crippen LogP contribution < -0.4 is 5.32 Å². The number of carbonyl (C=O) groups excluding carboxylic acids is 1. The Labute approximate surface area is 563 Å². The van der Waals surface area contributed by atoms with Crippen molar-refractivity contribution in [1.29, 1.82) is 0 Å². The Hall–Kier alpha value is -2.37. The molecule has 1 saturated heterocycles. The summed E-state index contributed by atoms with van der Waals surface area (Å²) in [7, 11) is 0. The van der Waals surface area contributed by atoms with Gasteiger partial charge in [-0.25, -0.2) is 0 Å². The first-order valence-corrected chi connectivity index (χ1v) is 39.7. The molecule has 7 unspecified atom stereocenters. The van der Waals surface area contributed by atoms with Crippen molar-refractivity contribution < 1.29 is 39.8 Å². The summed E-state index contributed by atoms with van der Waals surface area (Å²) >= 11 is 0. The van der Waals surface area contributed by atoms with E-state index in [9.17, 15) is 30.3 Å². The fraction of sp³-hybridized carbons (Fsp3) is 0.841. The Balaban J connectivity index is 2.08. The molecule has 0 bridgehead atoms. The number of rotatable bonds is 70. The average molecular weight is 1280 g/mol. The highest BCUT2D eigenvalue weighted by atomic mass is 16.7. The molecular formula is C82H151NO8. The minimum Gasteiger partial charge on any atom is -0.394 e. The molecule has 0 aromatic heterocycles. The highest BCUT2D eigenvalue weighted by Gasteiger charge is 2.44. The van der Waals surface area contributed by atoms with Crippen LogP contribution in [0.1, 0.15) is 386 Å². The Morgan fingerprint density at radius 3 is 1.05 bits per heavy atom. The number of allylic oxidation sites excluding steroid dienone is 11. The predicted molar refractivity (Wildman–Crippen MR) is 392 cm³/mol. The van der Waals surface area contributed by atoms with E-state index in [-0.39, 0.29) is 12.5 Å². The maximum Gasteiger partial charge on any atom is 0.220 e. The van der Waals surface area contributed by atoms with E-state index in [0.717, 1.165) is 64.2 Å². The number of unbranched alkanes of at least 4 members (excludes halogenated alkanes) is 50. The number of amides is 1. The molecule has 532 valence electrons. The number of aliphatic hydroxyl groups is 5. The number of ether oxygens (including phenoxy) is 2. The molecule has 0 spiro atoms. The monoisotopic (exact) mass is 1280 g/mol. The summed E-state index contributed by atoms with van der Waals surface area (Å²) in [5.41, 5.74) is 0. The second-order valence-corrected chi connectivity index (χ2v) is 27.5. The van der Waals surface area contributed by atoms with Crippen molar-refractivity contribution in [3.8, 4) is 0 Å². The first kappa shape index (κ1) is 86.6. The fourth-order valence-electron chi connectivity index (χ4n) is 12.6. The lowest BCUT2D eigenvalue weighted by Gasteiger charge is -2.40. The van der Waals surface area contributed by atoms with Gasteiger partial charge in [0.1, 0.15) is 24.4 Å². The van der Waals surface area contributed by atoms with Gasteiger partial charge in [0, 0.05) is 6.42 Å². The van der Waals surface area contributed by atoms with Gasteiger partial charge in [-0.05, 0) is 70.6 Å². The third-order valence-electron chi connectivity index (χ3n) is 18.8. The molecule has 91 heavy (non-hydrogen) atoms. The van der Waals surface area contributed by atoms with Crippen molar-refractivity contribution in [2.45, 2.75) is 429 Å². The van der Waals surface area contributed by atoms with Gasteiger partial charge >= 0.3 is 0 Å². The SMILES string of the molecule is CC/C=C\C/C=C\C/C=C\C/C=C\CCCCCCCCCCCCCCCCCCCCCCCCC(=O)NC(COC1OC(CO)C(O)C(O)C1O)C(O)/C=C/CC/C=C/CCCCCCCCCCCCCCCCCCCCCCCCCCCCC. The van der Waals surface area contributed by atoms with E-state index in [0.29, 0.717) is 6.42 Å². The normalized spacial score (nSPS) is 18.1. The van der Waals surface area contributed by atoms with Crippen molar-refractivity contribution in [3.63, 3.8) is 0 Å². The summed E-state index contributed by atoms with van der Waals surface area (Å²) in [5, 5.41) is 54.9. The van der Waals surface area contributed by atoms with Gasteiger partial charge in [0.25, 0.3) is 0 Å². The number of nitrogens with one attached hydrogen (secondary N) is 1. The molecule has 0 radical (unpaired) electrons. The van der Waals surface area contributed by atoms with Gasteiger partial charge in [-0.3, -0.25) is 4.79 Å². The van der Waals surface area contributed by atoms with Crippen molar-refractivity contribution in [2.24, 2.45) is 0 Å². The maximum absolute atomic E-state index is 13.2. The van der Waals surface area contributed by atoms with Crippen LogP contribution in [0.25, 0.3) is 0 Å². The van der Waals surface area contributed by atoms with Gasteiger partial charge < -0.3 is 40.3 Å². The standard InChI is InChI=1S/C82H151NO8/c1-3-5-7-9-11-13-15-17-19-21-23-25-27-29-31-33-35-37-38-40-42-44-46-48-50-52-54-56-58-60-62-64-66-68-70-72-78(86)83-75(74-90-82-81(89)80(88)79(87)77(73-84)91-82)76(85)71-69-67-65-63-61-59-57-55-53-51-49-47-45-43-41-39-36-34-32-30-28-26-24-22-20-18-16-14-12-10-8-6-4-2/h5,7,11,13,17,19,23,25,61,63,69,71,75-77,79-82,84-85,87-89H,3-4,6,8-10,12,14-16,18,20-22,24,26-60,62,64-68,70,72-74H2,1-2H3,(H,83,86)/b7-5-,13-11-,19-17-,25-23-,63-61+,71-69+. The Morgan fingerprint density at radius 1 is 0.385 bits per heavy atom. The van der Waals surface area contributed by atoms with E-state index in [2.05, 4.69) is 79.9 Å². The van der Waals surface area contributed by atoms with Gasteiger partial charge in [0.2, 0.25) is 5.91 Å². The summed E-state index contributed by atoms with van der Waals surface area (Å²) in [6.07, 6.45) is 93.4. The topological polar surface area (TPSA) is 149 Å². The van der Waals surface area contributed by atoms with Gasteiger partial charge in [-0.2, -0.15) is 0 Å². The number of hydrogen-bond donors (Lipinski definition) is 6. The average Bonchev–Trinajstić information content (AvgIpc) is 1.58. The van der Waals surface area contributed by atoms with E-state index in [4.69, 9.17) is 9.47 Å². The van der Waals surface area contributed by atoms with Crippen LogP contribution in [-0.2, 0) is 14.3 Å². The quantitative estimate of drug-likeness (QED) is 0.0261. The fourth-order valence-corrected chi connectivity index (χ4v) is 12.6. The smallest absolute Gasteiger partial charge is 0.220 e. The van der Waals surface area contributed by atoms with E-state index in [1.165, 1.54) is 302 Å². The van der Waals surface area contributed by atoms with E-state index in [1.54, 1.807) is 6.08 Å². The highest BCUT2D eigenvalue weighted by Crippen LogP contribution is 2.24. The first-order valence-electron chi connectivity index (χ1n) is 39.7. The summed E-state index contributed by atoms with van der Waals surface area (Å²) in [6, 6.07) is -0.825. The second kappa shape index (κ2) is 70.4. The Kier molecular flexibility index (Phi) is 67.1. The van der Waals surface area contributed by atoms with E-state index < -0.39 is 49.5 Å². The van der Waals surface area contributed by atoms with Crippen LogP contribution in [0.4, 0.5) is 0 Å². The molecule has 1 amide bonds. The zero-order valence-electron chi connectivity index (χ0n) is 59.9. The van der Waals surface area contributed by atoms with Crippen molar-refractivity contribution >= 4 is 5.91 Å². The van der Waals surface area contributed by atoms with Crippen molar-refractivity contribution in [2.75, 3.05) is 13.2 Å². The molecule has 1 aliphatic heterocycles. The van der Waals surface area contributed by atoms with Gasteiger partial charge in [0.05, 0.1) is 25.4 Å². The van der Waals surface area contributed by atoms with Crippen molar-refractivity contribution in [1.82, 2.24) is 5.32 Å². The summed E-state index contributed by atoms with van der Waals surface area (Å²) < 4.78 is 11.3. The van der Waals surface area contributed by atoms with E-state index >= 15 is 0 Å². The Morgan fingerprint density at radius 2 is 0.692 bits per heavy atom. The maximum atomic E-state index is 13.2. The van der Waals surface area contributed by atoms with Crippen LogP contribution >= 0.6 is 0 Å². The number of aliphatic hydroxyl groups excluding tert-OH is 5. The molecule has 6 N–H and O–H groups in total. The summed E-state index contributed by atoms with van der Waals surface area (Å²) in [4.78, 5) is 13.2. The molecule has 9 nitrogen and oxygen atoms in total. The van der Waals surface area contributed by atoms with Gasteiger partial charge in [-0.1, -0.05) is 382 Å². The van der Waals surface area contributed by atoms with Crippen LogP contribution in [0.15, 0.2) is 72.9 Å². The molecule has 0 aromatic rings. The number of carbonyl (C=O) groups is 1. The van der Waals surface area contributed by atoms with Crippen LogP contribution in [0, 0.1) is 0 Å². The largest absolute Gasteiger partial charge is 0.394 e. The zero-order valence-corrected chi connectivity index (χ0v) is 59.9. The molecule has 1 heterocycles. The minimum atomic E-state index is -1.57. The number of hydrogen-bond acceptors (Lipinski definition) is 8. The van der Waals surface area contributed by atoms with Gasteiger partial charge in [0.15, 0.2) is 6.29 Å². The molecular weight excluding hydrogens is 1130 g/mol. The molecule has 0 aromatic carbocycles. The molecule has 1 fully saturated rings. The zero-order chi connectivity index (χ0) is 65.7. The lowest BCUT2D eigenvalue weighted by molar-refractivity contribution is -0.302. The second-order valence-electron chi connectivity index (χ2n) is 27.5. The molecule has 0 aliphatic carbocycles. The molecule has 1 aliphatic rings. The van der Waals surface area contributed by atoms with Crippen LogP contribution in [0.5, 0.6) is 0 Å². The molecule has 9 heteroatoms.